The average Bonchev–Trinajstić information content (AvgIpc) is 3.69. The number of benzene rings is 4. The monoisotopic (exact) mass is 639 g/mol. The number of hydrogen-bond acceptors (Lipinski definition) is 6. The highest BCUT2D eigenvalue weighted by atomic mass is 32.1. The second-order valence-corrected chi connectivity index (χ2v) is 13.1. The number of nitrogens with zero attached hydrogens (tertiary/aromatic N) is 3. The largest absolute Gasteiger partial charge is 0.337 e. The second-order valence-electron chi connectivity index (χ2n) is 12.3. The van der Waals surface area contributed by atoms with Crippen LogP contribution in [0, 0.1) is 5.92 Å². The number of carbonyl (C=O) groups excluding carboxylic acids is 3. The van der Waals surface area contributed by atoms with Crippen molar-refractivity contribution < 1.29 is 14.4 Å². The van der Waals surface area contributed by atoms with Gasteiger partial charge in [0.2, 0.25) is 0 Å². The maximum atomic E-state index is 14.0. The van der Waals surface area contributed by atoms with Crippen LogP contribution in [0.5, 0.6) is 0 Å². The highest BCUT2D eigenvalue weighted by Crippen LogP contribution is 2.37. The maximum absolute atomic E-state index is 14.0. The van der Waals surface area contributed by atoms with Gasteiger partial charge >= 0.3 is 0 Å². The van der Waals surface area contributed by atoms with Gasteiger partial charge in [0.25, 0.3) is 17.7 Å². The molecule has 234 valence electrons. The molecule has 1 fully saturated rings. The van der Waals surface area contributed by atoms with Gasteiger partial charge in [-0.15, -0.1) is 11.3 Å². The van der Waals surface area contributed by atoms with Gasteiger partial charge in [-0.2, -0.15) is 0 Å². The molecule has 9 heteroatoms. The zero-order valence-electron chi connectivity index (χ0n) is 26.1. The summed E-state index contributed by atoms with van der Waals surface area (Å²) in [6.07, 6.45) is 2.43. The number of para-hydroxylation sites is 1. The van der Waals surface area contributed by atoms with Crippen molar-refractivity contribution in [1.82, 2.24) is 25.7 Å². The number of pyridine rings is 1. The molecule has 0 bridgehead atoms. The molecule has 4 aromatic carbocycles. The van der Waals surface area contributed by atoms with Gasteiger partial charge in [-0.05, 0) is 52.8 Å². The van der Waals surface area contributed by atoms with E-state index < -0.39 is 11.4 Å². The lowest BCUT2D eigenvalue weighted by atomic mass is 9.87. The van der Waals surface area contributed by atoms with Crippen molar-refractivity contribution in [1.29, 1.82) is 0 Å². The van der Waals surface area contributed by atoms with Crippen LogP contribution in [0.2, 0.25) is 0 Å². The van der Waals surface area contributed by atoms with E-state index in [4.69, 9.17) is 4.98 Å². The highest BCUT2D eigenvalue weighted by molar-refractivity contribution is 7.13. The molecule has 0 saturated carbocycles. The molecule has 1 aliphatic rings. The predicted molar refractivity (Wildman–Crippen MR) is 186 cm³/mol. The van der Waals surface area contributed by atoms with E-state index in [1.807, 2.05) is 68.4 Å². The maximum Gasteiger partial charge on any atom is 0.289 e. The van der Waals surface area contributed by atoms with Crippen molar-refractivity contribution in [2.45, 2.75) is 32.2 Å². The molecular weight excluding hydrogens is 607 g/mol. The Bertz CT molecular complexity index is 2150. The van der Waals surface area contributed by atoms with Crippen LogP contribution in [0.4, 0.5) is 0 Å². The van der Waals surface area contributed by atoms with E-state index in [0.717, 1.165) is 32.8 Å². The number of aromatic nitrogens is 2. The lowest BCUT2D eigenvalue weighted by molar-refractivity contribution is -0.135. The molecule has 8 nitrogen and oxygen atoms in total. The first-order valence-electron chi connectivity index (χ1n) is 15.7. The van der Waals surface area contributed by atoms with Crippen molar-refractivity contribution >= 4 is 50.7 Å². The molecule has 1 saturated heterocycles. The molecule has 2 aromatic heterocycles. The van der Waals surface area contributed by atoms with E-state index in [0.29, 0.717) is 28.9 Å². The molecule has 0 aliphatic carbocycles. The number of fused-ring (bicyclic) bond motifs is 2. The van der Waals surface area contributed by atoms with Crippen LogP contribution in [0.25, 0.3) is 43.4 Å². The third kappa shape index (κ3) is 5.74. The lowest BCUT2D eigenvalue weighted by Gasteiger charge is -2.30. The quantitative estimate of drug-likeness (QED) is 0.182. The lowest BCUT2D eigenvalue weighted by Crippen LogP contribution is -2.57. The van der Waals surface area contributed by atoms with Crippen molar-refractivity contribution in [3.05, 3.63) is 120 Å². The van der Waals surface area contributed by atoms with Crippen LogP contribution in [0.3, 0.4) is 0 Å². The van der Waals surface area contributed by atoms with Gasteiger partial charge < -0.3 is 5.32 Å². The van der Waals surface area contributed by atoms with Gasteiger partial charge in [0.05, 0.1) is 11.1 Å². The van der Waals surface area contributed by atoms with Gasteiger partial charge in [-0.1, -0.05) is 98.8 Å². The third-order valence-electron chi connectivity index (χ3n) is 8.61. The van der Waals surface area contributed by atoms with Crippen LogP contribution < -0.4 is 10.7 Å². The molecule has 2 N–H and O–H groups in total. The summed E-state index contributed by atoms with van der Waals surface area (Å²) < 4.78 is 0. The summed E-state index contributed by atoms with van der Waals surface area (Å²) in [4.78, 5) is 50.2. The minimum absolute atomic E-state index is 0.114. The summed E-state index contributed by atoms with van der Waals surface area (Å²) in [5.74, 6) is -1.08. The molecule has 7 rings (SSSR count). The summed E-state index contributed by atoms with van der Waals surface area (Å²) in [6, 6.07) is 31.7. The van der Waals surface area contributed by atoms with E-state index in [1.165, 1.54) is 16.3 Å². The summed E-state index contributed by atoms with van der Waals surface area (Å²) >= 11 is 1.38. The second kappa shape index (κ2) is 12.4. The van der Waals surface area contributed by atoms with E-state index in [-0.39, 0.29) is 30.0 Å². The Balaban J connectivity index is 1.12. The van der Waals surface area contributed by atoms with Crippen LogP contribution in [0.15, 0.2) is 109 Å². The minimum Gasteiger partial charge on any atom is -0.337 e. The normalized spacial score (nSPS) is 16.2. The molecule has 0 spiro atoms. The van der Waals surface area contributed by atoms with Crippen molar-refractivity contribution in [2.75, 3.05) is 6.54 Å². The van der Waals surface area contributed by atoms with Gasteiger partial charge in [-0.25, -0.2) is 4.98 Å². The molecule has 3 heterocycles. The zero-order valence-corrected chi connectivity index (χ0v) is 26.9. The Morgan fingerprint density at radius 2 is 1.55 bits per heavy atom. The van der Waals surface area contributed by atoms with Gasteiger partial charge in [0.1, 0.15) is 16.2 Å². The average molecular weight is 640 g/mol. The van der Waals surface area contributed by atoms with Gasteiger partial charge in [0.15, 0.2) is 0 Å². The molecule has 1 atom stereocenters. The van der Waals surface area contributed by atoms with Crippen molar-refractivity contribution in [3.8, 4) is 21.7 Å². The van der Waals surface area contributed by atoms with Crippen LogP contribution in [-0.2, 0) is 4.79 Å². The Hall–Kier alpha value is -5.41. The standard InChI is InChI=1S/C38H33N5O3S/c1-24(2)22-38(41-34(44)31-18-8-12-26-13-9-20-39-33(26)31)19-21-43(37(38)46)42-35(45)32-23-47-36(40-32)30-16-6-5-15-29(30)28-17-7-11-25-10-3-4-14-27(25)28/h3-18,20,23-24H,19,21-22H2,1-2H3,(H,41,44)(H,42,45)/t38-/m0/s1. The number of hydrazine groups is 1. The van der Waals surface area contributed by atoms with Crippen LogP contribution in [-0.4, -0.2) is 44.8 Å². The summed E-state index contributed by atoms with van der Waals surface area (Å²) in [5.41, 5.74) is 5.84. The molecule has 47 heavy (non-hydrogen) atoms. The molecule has 1 aliphatic heterocycles. The van der Waals surface area contributed by atoms with E-state index >= 15 is 0 Å². The molecule has 6 aromatic rings. The Kier molecular flexibility index (Phi) is 7.99. The number of nitrogens with one attached hydrogen (secondary N) is 2. The zero-order chi connectivity index (χ0) is 32.5. The van der Waals surface area contributed by atoms with Gasteiger partial charge in [-0.3, -0.25) is 29.8 Å². The fourth-order valence-electron chi connectivity index (χ4n) is 6.55. The fourth-order valence-corrected chi connectivity index (χ4v) is 7.39. The predicted octanol–water partition coefficient (Wildman–Crippen LogP) is 7.27. The number of hydrogen-bond donors (Lipinski definition) is 2. The topological polar surface area (TPSA) is 104 Å². The first kappa shape index (κ1) is 30.3. The van der Waals surface area contributed by atoms with Crippen molar-refractivity contribution in [3.63, 3.8) is 0 Å². The number of rotatable bonds is 8. The van der Waals surface area contributed by atoms with Crippen LogP contribution >= 0.6 is 11.3 Å². The smallest absolute Gasteiger partial charge is 0.289 e. The van der Waals surface area contributed by atoms with Crippen molar-refractivity contribution in [2.24, 2.45) is 5.92 Å². The summed E-state index contributed by atoms with van der Waals surface area (Å²) in [6.45, 7) is 4.27. The highest BCUT2D eigenvalue weighted by Gasteiger charge is 2.49. The first-order valence-corrected chi connectivity index (χ1v) is 16.5. The SMILES string of the molecule is CC(C)C[C@@]1(NC(=O)c2cccc3cccnc23)CCN(NC(=O)c2csc(-c3ccccc3-c3cccc4ccccc34)n2)C1=O. The minimum atomic E-state index is -1.17. The number of carbonyl (C=O) groups is 3. The number of thiazole rings is 1. The molecule has 3 amide bonds. The van der Waals surface area contributed by atoms with E-state index in [2.05, 4.69) is 46.1 Å². The Morgan fingerprint density at radius 3 is 2.40 bits per heavy atom. The Morgan fingerprint density at radius 1 is 0.851 bits per heavy atom. The van der Waals surface area contributed by atoms with E-state index in [9.17, 15) is 14.4 Å². The van der Waals surface area contributed by atoms with Gasteiger partial charge in [0, 0.05) is 29.1 Å². The molecule has 0 radical (unpaired) electrons. The van der Waals surface area contributed by atoms with Crippen LogP contribution in [0.1, 0.15) is 47.5 Å². The number of amides is 3. The van der Waals surface area contributed by atoms with E-state index in [1.54, 1.807) is 23.7 Å². The third-order valence-corrected chi connectivity index (χ3v) is 9.49. The molecular formula is C38H33N5O3S. The summed E-state index contributed by atoms with van der Waals surface area (Å²) in [7, 11) is 0. The first-order chi connectivity index (χ1) is 22.8. The molecule has 0 unspecified atom stereocenters. The Labute approximate surface area is 276 Å². The summed E-state index contributed by atoms with van der Waals surface area (Å²) in [5, 5.41) is 9.90. The fraction of sp³-hybridized carbons (Fsp3) is 0.184.